The third-order valence-electron chi connectivity index (χ3n) is 1.44. The zero-order chi connectivity index (χ0) is 10.3. The minimum absolute atomic E-state index is 0.702. The Bertz CT molecular complexity index is 251. The Labute approximate surface area is 84.9 Å². The van der Waals surface area contributed by atoms with Gasteiger partial charge in [0, 0.05) is 13.1 Å². The van der Waals surface area contributed by atoms with Crippen LogP contribution in [0.3, 0.4) is 0 Å². The zero-order valence-electron chi connectivity index (χ0n) is 8.52. The van der Waals surface area contributed by atoms with E-state index in [2.05, 4.69) is 5.32 Å². The molecule has 0 aliphatic carbocycles. The number of halogens is 1. The van der Waals surface area contributed by atoms with Crippen molar-refractivity contribution in [3.63, 3.8) is 0 Å². The first kappa shape index (κ1) is 12.1. The number of hydrogen-bond acceptors (Lipinski definition) is 2. The van der Waals surface area contributed by atoms with Crippen molar-refractivity contribution in [2.45, 2.75) is 13.8 Å². The van der Waals surface area contributed by atoms with Gasteiger partial charge in [0.25, 0.3) is 0 Å². The third kappa shape index (κ3) is 3.55. The molecule has 0 aromatic heterocycles. The molecular weight excluding hydrogens is 186 g/mol. The van der Waals surface area contributed by atoms with E-state index in [0.717, 1.165) is 11.4 Å². The Balaban J connectivity index is 0.000000671. The van der Waals surface area contributed by atoms with Gasteiger partial charge in [-0.15, -0.1) is 0 Å². The fraction of sp³-hybridized carbons (Fsp3) is 0.400. The number of methoxy groups -OCH3 is 1. The molecule has 0 bridgehead atoms. The largest absolute Gasteiger partial charge is 0.497 e. The predicted molar refractivity (Wildman–Crippen MR) is 58.9 cm³/mol. The number of ether oxygens (including phenoxy) is 1. The van der Waals surface area contributed by atoms with E-state index in [1.54, 1.807) is 13.2 Å². The van der Waals surface area contributed by atoms with Crippen LogP contribution >= 0.6 is 11.6 Å². The van der Waals surface area contributed by atoms with Crippen molar-refractivity contribution in [2.24, 2.45) is 0 Å². The summed E-state index contributed by atoms with van der Waals surface area (Å²) in [5, 5.41) is 3.66. The summed E-state index contributed by atoms with van der Waals surface area (Å²) in [4.78, 5) is 0. The molecule has 0 unspecified atom stereocenters. The second kappa shape index (κ2) is 6.61. The summed E-state index contributed by atoms with van der Waals surface area (Å²) in [6.07, 6.45) is 0. The molecule has 1 N–H and O–H groups in total. The van der Waals surface area contributed by atoms with Crippen molar-refractivity contribution in [3.8, 4) is 5.75 Å². The lowest BCUT2D eigenvalue weighted by molar-refractivity contribution is 0.415. The Morgan fingerprint density at radius 2 is 1.92 bits per heavy atom. The number of rotatable bonds is 2. The van der Waals surface area contributed by atoms with Crippen LogP contribution in [-0.2, 0) is 0 Å². The van der Waals surface area contributed by atoms with Crippen LogP contribution in [0.15, 0.2) is 18.2 Å². The van der Waals surface area contributed by atoms with E-state index in [1.807, 2.05) is 33.0 Å². The zero-order valence-corrected chi connectivity index (χ0v) is 9.27. The maximum Gasteiger partial charge on any atom is 0.121 e. The predicted octanol–water partition coefficient (Wildman–Crippen LogP) is 3.42. The van der Waals surface area contributed by atoms with Crippen molar-refractivity contribution in [2.75, 3.05) is 19.5 Å². The first-order valence-electron chi connectivity index (χ1n) is 4.29. The summed E-state index contributed by atoms with van der Waals surface area (Å²) < 4.78 is 5.01. The highest BCUT2D eigenvalue weighted by molar-refractivity contribution is 6.33. The quantitative estimate of drug-likeness (QED) is 0.792. The second-order valence-electron chi connectivity index (χ2n) is 2.10. The number of nitrogens with one attached hydrogen (secondary N) is 1. The average molecular weight is 202 g/mol. The van der Waals surface area contributed by atoms with Crippen molar-refractivity contribution in [1.29, 1.82) is 0 Å². The lowest BCUT2D eigenvalue weighted by atomic mass is 10.3. The molecule has 1 rings (SSSR count). The smallest absolute Gasteiger partial charge is 0.121 e. The van der Waals surface area contributed by atoms with Crippen LogP contribution in [0.5, 0.6) is 5.75 Å². The SMILES string of the molecule is CC.CNc1cc(OC)ccc1Cl. The normalized spacial score (nSPS) is 8.38. The molecule has 0 aliphatic rings. The molecule has 1 aromatic carbocycles. The molecule has 13 heavy (non-hydrogen) atoms. The molecule has 0 radical (unpaired) electrons. The summed E-state index contributed by atoms with van der Waals surface area (Å²) in [6.45, 7) is 4.00. The molecule has 0 fully saturated rings. The van der Waals surface area contributed by atoms with E-state index < -0.39 is 0 Å². The van der Waals surface area contributed by atoms with Crippen LogP contribution in [0, 0.1) is 0 Å². The summed E-state index contributed by atoms with van der Waals surface area (Å²) in [5.74, 6) is 0.804. The van der Waals surface area contributed by atoms with Crippen molar-refractivity contribution < 1.29 is 4.74 Å². The van der Waals surface area contributed by atoms with Gasteiger partial charge in [-0.3, -0.25) is 0 Å². The minimum Gasteiger partial charge on any atom is -0.497 e. The Hall–Kier alpha value is -0.890. The van der Waals surface area contributed by atoms with Crippen LogP contribution in [0.25, 0.3) is 0 Å². The van der Waals surface area contributed by atoms with Gasteiger partial charge in [0.05, 0.1) is 17.8 Å². The second-order valence-corrected chi connectivity index (χ2v) is 2.50. The highest BCUT2D eigenvalue weighted by Gasteiger charge is 1.98. The standard InChI is InChI=1S/C8H10ClNO.C2H6/c1-10-8-5-6(11-2)3-4-7(8)9;1-2/h3-5,10H,1-2H3;1-2H3. The van der Waals surface area contributed by atoms with Crippen molar-refractivity contribution in [3.05, 3.63) is 23.2 Å². The van der Waals surface area contributed by atoms with E-state index in [1.165, 1.54) is 0 Å². The highest BCUT2D eigenvalue weighted by Crippen LogP contribution is 2.25. The lowest BCUT2D eigenvalue weighted by Crippen LogP contribution is -1.90. The topological polar surface area (TPSA) is 21.3 Å². The molecular formula is C10H16ClNO. The van der Waals surface area contributed by atoms with Gasteiger partial charge in [0.15, 0.2) is 0 Å². The van der Waals surface area contributed by atoms with Gasteiger partial charge in [0.2, 0.25) is 0 Å². The van der Waals surface area contributed by atoms with Gasteiger partial charge >= 0.3 is 0 Å². The van der Waals surface area contributed by atoms with Gasteiger partial charge < -0.3 is 10.1 Å². The maximum atomic E-state index is 5.84. The van der Waals surface area contributed by atoms with Gasteiger partial charge in [-0.2, -0.15) is 0 Å². The highest BCUT2D eigenvalue weighted by atomic mass is 35.5. The summed E-state index contributed by atoms with van der Waals surface area (Å²) in [5.41, 5.74) is 0.881. The fourth-order valence-corrected chi connectivity index (χ4v) is 1.03. The molecule has 0 aliphatic heterocycles. The molecule has 0 saturated heterocycles. The number of benzene rings is 1. The fourth-order valence-electron chi connectivity index (χ4n) is 0.823. The number of hydrogen-bond donors (Lipinski definition) is 1. The molecule has 3 heteroatoms. The van der Waals surface area contributed by atoms with Gasteiger partial charge in [0.1, 0.15) is 5.75 Å². The summed E-state index contributed by atoms with van der Waals surface area (Å²) in [7, 11) is 3.45. The van der Waals surface area contributed by atoms with E-state index >= 15 is 0 Å². The van der Waals surface area contributed by atoms with E-state index in [-0.39, 0.29) is 0 Å². The summed E-state index contributed by atoms with van der Waals surface area (Å²) >= 11 is 5.84. The number of anilines is 1. The molecule has 0 atom stereocenters. The molecule has 2 nitrogen and oxygen atoms in total. The first-order chi connectivity index (χ1) is 6.27. The Morgan fingerprint density at radius 1 is 1.31 bits per heavy atom. The molecule has 1 aromatic rings. The third-order valence-corrected chi connectivity index (χ3v) is 1.77. The van der Waals surface area contributed by atoms with Crippen LogP contribution in [-0.4, -0.2) is 14.2 Å². The van der Waals surface area contributed by atoms with Gasteiger partial charge in [-0.25, -0.2) is 0 Å². The van der Waals surface area contributed by atoms with Crippen LogP contribution in [0.4, 0.5) is 5.69 Å². The Kier molecular flexibility index (Phi) is 6.15. The van der Waals surface area contributed by atoms with Crippen molar-refractivity contribution in [1.82, 2.24) is 0 Å². The van der Waals surface area contributed by atoms with Crippen LogP contribution < -0.4 is 10.1 Å². The van der Waals surface area contributed by atoms with E-state index in [9.17, 15) is 0 Å². The monoisotopic (exact) mass is 201 g/mol. The molecule has 0 heterocycles. The Morgan fingerprint density at radius 3 is 2.38 bits per heavy atom. The van der Waals surface area contributed by atoms with Crippen LogP contribution in [0.1, 0.15) is 13.8 Å². The van der Waals surface area contributed by atoms with Gasteiger partial charge in [-0.05, 0) is 12.1 Å². The minimum atomic E-state index is 0.702. The van der Waals surface area contributed by atoms with Crippen molar-refractivity contribution >= 4 is 17.3 Å². The van der Waals surface area contributed by atoms with Crippen LogP contribution in [0.2, 0.25) is 5.02 Å². The molecule has 0 spiro atoms. The first-order valence-corrected chi connectivity index (χ1v) is 4.67. The van der Waals surface area contributed by atoms with E-state index in [4.69, 9.17) is 16.3 Å². The average Bonchev–Trinajstić information content (AvgIpc) is 2.22. The van der Waals surface area contributed by atoms with E-state index in [0.29, 0.717) is 5.02 Å². The molecule has 74 valence electrons. The molecule has 0 amide bonds. The van der Waals surface area contributed by atoms with Gasteiger partial charge in [-0.1, -0.05) is 25.4 Å². The molecule has 0 saturated carbocycles. The summed E-state index contributed by atoms with van der Waals surface area (Å²) in [6, 6.07) is 5.47. The maximum absolute atomic E-state index is 5.84. The lowest BCUT2D eigenvalue weighted by Gasteiger charge is -2.05.